The summed E-state index contributed by atoms with van der Waals surface area (Å²) in [5.74, 6) is -0.154. The lowest BCUT2D eigenvalue weighted by Gasteiger charge is -2.03. The van der Waals surface area contributed by atoms with Gasteiger partial charge in [-0.2, -0.15) is 0 Å². The first-order chi connectivity index (χ1) is 11.5. The summed E-state index contributed by atoms with van der Waals surface area (Å²) in [6.45, 7) is 1.48. The highest BCUT2D eigenvalue weighted by Gasteiger charge is 2.15. The van der Waals surface area contributed by atoms with E-state index >= 15 is 0 Å². The minimum Gasteiger partial charge on any atom is -0.507 e. The van der Waals surface area contributed by atoms with E-state index in [9.17, 15) is 14.7 Å². The number of phenolic OH excluding ortho intramolecular Hbond substituents is 1. The number of amides is 1. The van der Waals surface area contributed by atoms with Crippen molar-refractivity contribution >= 4 is 17.4 Å². The number of aromatic nitrogens is 1. The van der Waals surface area contributed by atoms with Crippen LogP contribution in [0.25, 0.3) is 11.3 Å². The van der Waals surface area contributed by atoms with Gasteiger partial charge in [0, 0.05) is 17.3 Å². The van der Waals surface area contributed by atoms with Crippen LogP contribution in [0.1, 0.15) is 27.8 Å². The lowest BCUT2D eigenvalue weighted by atomic mass is 10.1. The molecule has 0 saturated carbocycles. The maximum atomic E-state index is 12.2. The molecule has 3 rings (SSSR count). The van der Waals surface area contributed by atoms with E-state index in [4.69, 9.17) is 4.52 Å². The second-order valence-electron chi connectivity index (χ2n) is 5.18. The molecule has 0 aliphatic rings. The Kier molecular flexibility index (Phi) is 4.11. The Hall–Kier alpha value is -3.41. The number of nitrogens with one attached hydrogen (secondary N) is 1. The molecule has 120 valence electrons. The minimum atomic E-state index is -0.448. The SMILES string of the molecule is CC(=O)c1ccc(NC(=O)c2cc(-c3ccccc3O)on2)cc1. The number of para-hydroxylation sites is 1. The van der Waals surface area contributed by atoms with Crippen molar-refractivity contribution in [2.24, 2.45) is 0 Å². The van der Waals surface area contributed by atoms with E-state index in [0.717, 1.165) is 0 Å². The fraction of sp³-hybridized carbons (Fsp3) is 0.0556. The van der Waals surface area contributed by atoms with Crippen LogP contribution in [0, 0.1) is 0 Å². The molecular formula is C18H14N2O4. The Bertz CT molecular complexity index is 897. The van der Waals surface area contributed by atoms with Crippen molar-refractivity contribution in [1.29, 1.82) is 0 Å². The number of hydrogen-bond donors (Lipinski definition) is 2. The van der Waals surface area contributed by atoms with Crippen LogP contribution in [0.4, 0.5) is 5.69 Å². The Morgan fingerprint density at radius 3 is 2.46 bits per heavy atom. The van der Waals surface area contributed by atoms with Gasteiger partial charge < -0.3 is 14.9 Å². The Morgan fingerprint density at radius 2 is 1.79 bits per heavy atom. The normalized spacial score (nSPS) is 10.4. The molecule has 0 aliphatic heterocycles. The number of carbonyl (C=O) groups excluding carboxylic acids is 2. The summed E-state index contributed by atoms with van der Waals surface area (Å²) in [5.41, 5.74) is 1.65. The van der Waals surface area contributed by atoms with Gasteiger partial charge >= 0.3 is 0 Å². The molecule has 0 atom stereocenters. The summed E-state index contributed by atoms with van der Waals surface area (Å²) in [7, 11) is 0. The van der Waals surface area contributed by atoms with Crippen molar-refractivity contribution in [2.45, 2.75) is 6.92 Å². The maximum absolute atomic E-state index is 12.2. The predicted molar refractivity (Wildman–Crippen MR) is 88.0 cm³/mol. The number of hydrogen-bond acceptors (Lipinski definition) is 5. The molecule has 2 aromatic carbocycles. The molecule has 6 heteroatoms. The van der Waals surface area contributed by atoms with Crippen molar-refractivity contribution in [3.63, 3.8) is 0 Å². The quantitative estimate of drug-likeness (QED) is 0.717. The summed E-state index contributed by atoms with van der Waals surface area (Å²) in [6.07, 6.45) is 0. The fourth-order valence-corrected chi connectivity index (χ4v) is 2.17. The molecule has 0 unspecified atom stereocenters. The van der Waals surface area contributed by atoms with Gasteiger partial charge in [0.1, 0.15) is 5.75 Å². The molecule has 1 amide bonds. The largest absolute Gasteiger partial charge is 0.507 e. The highest BCUT2D eigenvalue weighted by atomic mass is 16.5. The first-order valence-corrected chi connectivity index (χ1v) is 7.22. The van der Waals surface area contributed by atoms with Crippen LogP contribution < -0.4 is 5.32 Å². The second kappa shape index (κ2) is 6.37. The van der Waals surface area contributed by atoms with Gasteiger partial charge in [0.05, 0.1) is 5.56 Å². The van der Waals surface area contributed by atoms with Gasteiger partial charge in [-0.25, -0.2) is 0 Å². The number of benzene rings is 2. The van der Waals surface area contributed by atoms with Gasteiger partial charge in [-0.15, -0.1) is 0 Å². The van der Waals surface area contributed by atoms with Crippen molar-refractivity contribution in [2.75, 3.05) is 5.32 Å². The average Bonchev–Trinajstić information content (AvgIpc) is 3.05. The fourth-order valence-electron chi connectivity index (χ4n) is 2.17. The third-order valence-electron chi connectivity index (χ3n) is 3.46. The monoisotopic (exact) mass is 322 g/mol. The molecule has 2 N–H and O–H groups in total. The molecule has 6 nitrogen and oxygen atoms in total. The van der Waals surface area contributed by atoms with Crippen molar-refractivity contribution in [3.8, 4) is 17.1 Å². The van der Waals surface area contributed by atoms with Crippen LogP contribution in [-0.2, 0) is 0 Å². The molecule has 0 fully saturated rings. The number of nitrogens with zero attached hydrogens (tertiary/aromatic N) is 1. The van der Waals surface area contributed by atoms with Crippen LogP contribution in [0.3, 0.4) is 0 Å². The van der Waals surface area contributed by atoms with Crippen LogP contribution >= 0.6 is 0 Å². The lowest BCUT2D eigenvalue weighted by molar-refractivity contribution is 0.101. The topological polar surface area (TPSA) is 92.4 Å². The molecule has 3 aromatic rings. The Labute approximate surface area is 137 Å². The highest BCUT2D eigenvalue weighted by molar-refractivity contribution is 6.03. The molecule has 0 radical (unpaired) electrons. The van der Waals surface area contributed by atoms with Crippen molar-refractivity contribution in [1.82, 2.24) is 5.16 Å². The number of ketones is 1. The summed E-state index contributed by atoms with van der Waals surface area (Å²) >= 11 is 0. The molecule has 0 aliphatic carbocycles. The van der Waals surface area contributed by atoms with Crippen LogP contribution in [0.15, 0.2) is 59.1 Å². The van der Waals surface area contributed by atoms with E-state index in [1.54, 1.807) is 42.5 Å². The molecular weight excluding hydrogens is 308 g/mol. The number of Topliss-reactive ketones (excluding diaryl/α,β-unsaturated/α-hetero) is 1. The number of phenols is 1. The van der Waals surface area contributed by atoms with Gasteiger partial charge in [-0.05, 0) is 43.3 Å². The minimum absolute atomic E-state index is 0.0421. The van der Waals surface area contributed by atoms with Gasteiger partial charge in [0.15, 0.2) is 17.2 Å². The Balaban J connectivity index is 1.76. The lowest BCUT2D eigenvalue weighted by Crippen LogP contribution is -2.12. The molecule has 0 saturated heterocycles. The van der Waals surface area contributed by atoms with Gasteiger partial charge in [0.2, 0.25) is 0 Å². The smallest absolute Gasteiger partial charge is 0.277 e. The van der Waals surface area contributed by atoms with Crippen LogP contribution in [0.5, 0.6) is 5.75 Å². The van der Waals surface area contributed by atoms with Gasteiger partial charge in [-0.3, -0.25) is 9.59 Å². The molecule has 1 heterocycles. The maximum Gasteiger partial charge on any atom is 0.277 e. The first kappa shape index (κ1) is 15.5. The first-order valence-electron chi connectivity index (χ1n) is 7.22. The Morgan fingerprint density at radius 1 is 1.08 bits per heavy atom. The number of anilines is 1. The zero-order valence-corrected chi connectivity index (χ0v) is 12.8. The molecule has 0 bridgehead atoms. The van der Waals surface area contributed by atoms with E-state index in [2.05, 4.69) is 10.5 Å². The van der Waals surface area contributed by atoms with Gasteiger partial charge in [0.25, 0.3) is 5.91 Å². The van der Waals surface area contributed by atoms with E-state index in [1.165, 1.54) is 19.1 Å². The van der Waals surface area contributed by atoms with Crippen molar-refractivity contribution in [3.05, 3.63) is 65.9 Å². The summed E-state index contributed by atoms with van der Waals surface area (Å²) in [6, 6.07) is 14.6. The second-order valence-corrected chi connectivity index (χ2v) is 5.18. The zero-order chi connectivity index (χ0) is 17.1. The van der Waals surface area contributed by atoms with Crippen LogP contribution in [-0.4, -0.2) is 22.0 Å². The van der Waals surface area contributed by atoms with E-state index in [1.807, 2.05) is 0 Å². The predicted octanol–water partition coefficient (Wildman–Crippen LogP) is 3.50. The van der Waals surface area contributed by atoms with Gasteiger partial charge in [-0.1, -0.05) is 17.3 Å². The molecule has 0 spiro atoms. The molecule has 24 heavy (non-hydrogen) atoms. The van der Waals surface area contributed by atoms with E-state index in [-0.39, 0.29) is 17.2 Å². The average molecular weight is 322 g/mol. The van der Waals surface area contributed by atoms with Crippen LogP contribution in [0.2, 0.25) is 0 Å². The molecule has 1 aromatic heterocycles. The van der Waals surface area contributed by atoms with Crippen molar-refractivity contribution < 1.29 is 19.2 Å². The summed E-state index contributed by atoms with van der Waals surface area (Å²) < 4.78 is 5.13. The summed E-state index contributed by atoms with van der Waals surface area (Å²) in [4.78, 5) is 23.4. The standard InChI is InChI=1S/C18H14N2O4/c1-11(21)12-6-8-13(9-7-12)19-18(23)15-10-17(24-20-15)14-4-2-3-5-16(14)22/h2-10,22H,1H3,(H,19,23). The number of aromatic hydroxyl groups is 1. The highest BCUT2D eigenvalue weighted by Crippen LogP contribution is 2.29. The third kappa shape index (κ3) is 3.17. The number of rotatable bonds is 4. The third-order valence-corrected chi connectivity index (χ3v) is 3.46. The van der Waals surface area contributed by atoms with E-state index < -0.39 is 5.91 Å². The summed E-state index contributed by atoms with van der Waals surface area (Å²) in [5, 5.41) is 16.2. The number of carbonyl (C=O) groups is 2. The van der Waals surface area contributed by atoms with E-state index in [0.29, 0.717) is 22.6 Å². The zero-order valence-electron chi connectivity index (χ0n) is 12.8.